The summed E-state index contributed by atoms with van der Waals surface area (Å²) in [5.74, 6) is -0.873. The highest BCUT2D eigenvalue weighted by Gasteiger charge is 2.24. The number of anilines is 1. The topological polar surface area (TPSA) is 114 Å². The average molecular weight is 411 g/mol. The molecule has 0 spiro atoms. The Hall–Kier alpha value is -3.88. The second kappa shape index (κ2) is 9.55. The van der Waals surface area contributed by atoms with Crippen LogP contribution in [0, 0.1) is 0 Å². The van der Waals surface area contributed by atoms with Crippen LogP contribution >= 0.6 is 0 Å². The van der Waals surface area contributed by atoms with Crippen molar-refractivity contribution < 1.29 is 28.7 Å². The van der Waals surface area contributed by atoms with Gasteiger partial charge in [0.25, 0.3) is 5.91 Å². The molecule has 0 unspecified atom stereocenters. The standard InChI is InChI=1S/C21H21N3O6/c1-29-17-8-2-14(3-9-17)12-22-19(26)13-30-21(28)15-4-6-16(7-5-15)24-20(27)11-10-18(25)23-24/h2-9H,10-13H2,1H3,(H,22,26)(H,23,25). The van der Waals surface area contributed by atoms with Crippen molar-refractivity contribution in [1.82, 2.24) is 10.7 Å². The Balaban J connectivity index is 1.47. The molecule has 1 heterocycles. The second-order valence-electron chi connectivity index (χ2n) is 6.51. The maximum absolute atomic E-state index is 12.1. The Labute approximate surface area is 172 Å². The van der Waals surface area contributed by atoms with Gasteiger partial charge in [-0.2, -0.15) is 0 Å². The summed E-state index contributed by atoms with van der Waals surface area (Å²) in [6.07, 6.45) is 0.279. The number of rotatable bonds is 7. The summed E-state index contributed by atoms with van der Waals surface area (Å²) in [5.41, 5.74) is 4.01. The molecule has 0 radical (unpaired) electrons. The second-order valence-corrected chi connectivity index (χ2v) is 6.51. The van der Waals surface area contributed by atoms with Crippen molar-refractivity contribution in [2.24, 2.45) is 0 Å². The van der Waals surface area contributed by atoms with E-state index in [2.05, 4.69) is 10.7 Å². The molecule has 1 aliphatic heterocycles. The molecule has 3 amide bonds. The Morgan fingerprint density at radius 2 is 1.73 bits per heavy atom. The molecule has 9 heteroatoms. The fraction of sp³-hybridized carbons (Fsp3) is 0.238. The first-order chi connectivity index (χ1) is 14.5. The quantitative estimate of drug-likeness (QED) is 0.665. The number of benzene rings is 2. The molecular weight excluding hydrogens is 390 g/mol. The molecule has 0 saturated carbocycles. The van der Waals surface area contributed by atoms with Gasteiger partial charge in [-0.15, -0.1) is 0 Å². The lowest BCUT2D eigenvalue weighted by Gasteiger charge is -2.27. The Bertz CT molecular complexity index is 940. The third-order valence-electron chi connectivity index (χ3n) is 4.40. The average Bonchev–Trinajstić information content (AvgIpc) is 2.78. The number of nitrogens with zero attached hydrogens (tertiary/aromatic N) is 1. The molecule has 2 aromatic carbocycles. The molecule has 0 bridgehead atoms. The zero-order valence-corrected chi connectivity index (χ0v) is 16.3. The molecule has 1 saturated heterocycles. The first-order valence-electron chi connectivity index (χ1n) is 9.25. The highest BCUT2D eigenvalue weighted by molar-refractivity contribution is 6.01. The Morgan fingerprint density at radius 1 is 1.03 bits per heavy atom. The summed E-state index contributed by atoms with van der Waals surface area (Å²) in [7, 11) is 1.57. The first-order valence-corrected chi connectivity index (χ1v) is 9.25. The van der Waals surface area contributed by atoms with Gasteiger partial charge in [-0.05, 0) is 42.0 Å². The highest BCUT2D eigenvalue weighted by atomic mass is 16.5. The maximum Gasteiger partial charge on any atom is 0.338 e. The maximum atomic E-state index is 12.1. The zero-order chi connectivity index (χ0) is 21.5. The molecule has 30 heavy (non-hydrogen) atoms. The molecule has 2 aromatic rings. The molecule has 156 valence electrons. The van der Waals surface area contributed by atoms with E-state index in [1.807, 2.05) is 12.1 Å². The summed E-state index contributed by atoms with van der Waals surface area (Å²) in [6.45, 7) is -0.123. The van der Waals surface area contributed by atoms with Crippen LogP contribution in [0.2, 0.25) is 0 Å². The lowest BCUT2D eigenvalue weighted by Crippen LogP contribution is -2.50. The summed E-state index contributed by atoms with van der Waals surface area (Å²) in [6, 6.07) is 13.2. The van der Waals surface area contributed by atoms with E-state index in [1.165, 1.54) is 24.3 Å². The zero-order valence-electron chi connectivity index (χ0n) is 16.3. The van der Waals surface area contributed by atoms with Gasteiger partial charge in [0.05, 0.1) is 18.4 Å². The van der Waals surface area contributed by atoms with Crippen molar-refractivity contribution in [2.75, 3.05) is 18.7 Å². The van der Waals surface area contributed by atoms with Crippen molar-refractivity contribution in [3.63, 3.8) is 0 Å². The summed E-state index contributed by atoms with van der Waals surface area (Å²) in [5, 5.41) is 3.81. The highest BCUT2D eigenvalue weighted by Crippen LogP contribution is 2.18. The van der Waals surface area contributed by atoms with Gasteiger partial charge in [0.15, 0.2) is 6.61 Å². The van der Waals surface area contributed by atoms with E-state index in [4.69, 9.17) is 9.47 Å². The van der Waals surface area contributed by atoms with E-state index in [-0.39, 0.29) is 30.2 Å². The summed E-state index contributed by atoms with van der Waals surface area (Å²) < 4.78 is 10.1. The lowest BCUT2D eigenvalue weighted by atomic mass is 10.2. The fourth-order valence-corrected chi connectivity index (χ4v) is 2.74. The van der Waals surface area contributed by atoms with Crippen molar-refractivity contribution in [2.45, 2.75) is 19.4 Å². The van der Waals surface area contributed by atoms with Crippen molar-refractivity contribution >= 4 is 29.4 Å². The molecule has 0 aliphatic carbocycles. The normalized spacial score (nSPS) is 13.4. The Morgan fingerprint density at radius 3 is 2.40 bits per heavy atom. The van der Waals surface area contributed by atoms with Gasteiger partial charge in [0.2, 0.25) is 11.8 Å². The van der Waals surface area contributed by atoms with Crippen molar-refractivity contribution in [1.29, 1.82) is 0 Å². The van der Waals surface area contributed by atoms with Crippen LogP contribution in [0.1, 0.15) is 28.8 Å². The van der Waals surface area contributed by atoms with Gasteiger partial charge >= 0.3 is 5.97 Å². The molecule has 0 aromatic heterocycles. The van der Waals surface area contributed by atoms with Gasteiger partial charge < -0.3 is 14.8 Å². The van der Waals surface area contributed by atoms with E-state index in [1.54, 1.807) is 19.2 Å². The third-order valence-corrected chi connectivity index (χ3v) is 4.40. The van der Waals surface area contributed by atoms with Gasteiger partial charge in [0.1, 0.15) is 5.75 Å². The molecule has 3 rings (SSSR count). The fourth-order valence-electron chi connectivity index (χ4n) is 2.74. The number of carbonyl (C=O) groups excluding carboxylic acids is 4. The molecule has 9 nitrogen and oxygen atoms in total. The molecule has 0 atom stereocenters. The summed E-state index contributed by atoms with van der Waals surface area (Å²) in [4.78, 5) is 47.4. The van der Waals surface area contributed by atoms with E-state index in [0.717, 1.165) is 16.3 Å². The van der Waals surface area contributed by atoms with Crippen LogP contribution in [0.3, 0.4) is 0 Å². The molecule has 1 fully saturated rings. The van der Waals surface area contributed by atoms with Crippen LogP contribution in [0.4, 0.5) is 5.69 Å². The minimum absolute atomic E-state index is 0.126. The van der Waals surface area contributed by atoms with Gasteiger partial charge in [-0.3, -0.25) is 19.8 Å². The number of hydrogen-bond donors (Lipinski definition) is 2. The van der Waals surface area contributed by atoms with Crippen molar-refractivity contribution in [3.8, 4) is 5.75 Å². The largest absolute Gasteiger partial charge is 0.497 e. The number of esters is 1. The number of nitrogens with one attached hydrogen (secondary N) is 2. The van der Waals surface area contributed by atoms with Crippen LogP contribution in [-0.4, -0.2) is 37.4 Å². The van der Waals surface area contributed by atoms with Gasteiger partial charge in [-0.25, -0.2) is 9.80 Å². The minimum atomic E-state index is -0.671. The van der Waals surface area contributed by atoms with Crippen LogP contribution in [0.25, 0.3) is 0 Å². The lowest BCUT2D eigenvalue weighted by molar-refractivity contribution is -0.130. The predicted octanol–water partition coefficient (Wildman–Crippen LogP) is 1.33. The summed E-state index contributed by atoms with van der Waals surface area (Å²) >= 11 is 0. The van der Waals surface area contributed by atoms with E-state index < -0.39 is 18.5 Å². The predicted molar refractivity (Wildman–Crippen MR) is 106 cm³/mol. The first kappa shape index (κ1) is 20.8. The monoisotopic (exact) mass is 411 g/mol. The Kier molecular flexibility index (Phi) is 6.63. The number of amides is 3. The van der Waals surface area contributed by atoms with Crippen molar-refractivity contribution in [3.05, 3.63) is 59.7 Å². The third kappa shape index (κ3) is 5.34. The van der Waals surface area contributed by atoms with Crippen LogP contribution in [0.5, 0.6) is 5.75 Å². The van der Waals surface area contributed by atoms with E-state index in [0.29, 0.717) is 12.2 Å². The van der Waals surface area contributed by atoms with E-state index in [9.17, 15) is 19.2 Å². The van der Waals surface area contributed by atoms with E-state index >= 15 is 0 Å². The van der Waals surface area contributed by atoms with Gasteiger partial charge in [0, 0.05) is 19.4 Å². The minimum Gasteiger partial charge on any atom is -0.497 e. The SMILES string of the molecule is COc1ccc(CNC(=O)COC(=O)c2ccc(N3NC(=O)CCC3=O)cc2)cc1. The van der Waals surface area contributed by atoms with Crippen LogP contribution in [-0.2, 0) is 25.7 Å². The number of ether oxygens (including phenoxy) is 2. The smallest absolute Gasteiger partial charge is 0.338 e. The molecule has 1 aliphatic rings. The molecule has 2 N–H and O–H groups in total. The van der Waals surface area contributed by atoms with Crippen LogP contribution in [0.15, 0.2) is 48.5 Å². The number of hydrazine groups is 1. The number of methoxy groups -OCH3 is 1. The number of hydrogen-bond acceptors (Lipinski definition) is 6. The molecular formula is C21H21N3O6. The van der Waals surface area contributed by atoms with Crippen LogP contribution < -0.4 is 20.5 Å². The van der Waals surface area contributed by atoms with Gasteiger partial charge in [-0.1, -0.05) is 12.1 Å². The number of carbonyl (C=O) groups is 4.